The summed E-state index contributed by atoms with van der Waals surface area (Å²) in [4.78, 5) is 23.7. The lowest BCUT2D eigenvalue weighted by molar-refractivity contribution is -0.127. The topological polar surface area (TPSA) is 89.1 Å². The van der Waals surface area contributed by atoms with E-state index in [1.165, 1.54) is 5.56 Å². The molecule has 3 heterocycles. The minimum absolute atomic E-state index is 0.0434. The molecule has 180 valence electrons. The number of benzene rings is 2. The molecule has 8 nitrogen and oxygen atoms in total. The van der Waals surface area contributed by atoms with Crippen LogP contribution in [-0.2, 0) is 24.4 Å². The highest BCUT2D eigenvalue weighted by molar-refractivity contribution is 9.10. The predicted octanol–water partition coefficient (Wildman–Crippen LogP) is 4.27. The summed E-state index contributed by atoms with van der Waals surface area (Å²) in [5.74, 6) is 1.20. The number of rotatable bonds is 8. The van der Waals surface area contributed by atoms with E-state index in [4.69, 9.17) is 4.52 Å². The molecule has 4 aromatic rings. The van der Waals surface area contributed by atoms with Gasteiger partial charge in [0.15, 0.2) is 0 Å². The molecule has 1 aliphatic rings. The zero-order valence-electron chi connectivity index (χ0n) is 19.3. The molecule has 0 radical (unpaired) electrons. The molecule has 2 aromatic carbocycles. The minimum atomic E-state index is -0.0434. The number of nitrogens with zero attached hydrogens (tertiary/aromatic N) is 5. The Balaban J connectivity index is 1.11. The van der Waals surface area contributed by atoms with Crippen LogP contribution in [0.4, 0.5) is 0 Å². The Hall–Kier alpha value is -3.30. The number of likely N-dealkylation sites (tertiary alicyclic amines) is 1. The van der Waals surface area contributed by atoms with Crippen molar-refractivity contribution in [3.63, 3.8) is 0 Å². The largest absolute Gasteiger partial charge is 0.352 e. The van der Waals surface area contributed by atoms with Crippen molar-refractivity contribution < 1.29 is 9.32 Å². The second kappa shape index (κ2) is 11.0. The summed E-state index contributed by atoms with van der Waals surface area (Å²) in [7, 11) is 0. The maximum atomic E-state index is 12.9. The second-order valence-corrected chi connectivity index (χ2v) is 9.78. The summed E-state index contributed by atoms with van der Waals surface area (Å²) in [6, 6.07) is 16.1. The van der Waals surface area contributed by atoms with Crippen LogP contribution in [0.1, 0.15) is 29.9 Å². The van der Waals surface area contributed by atoms with Gasteiger partial charge in [-0.3, -0.25) is 9.69 Å². The van der Waals surface area contributed by atoms with Crippen LogP contribution in [0.5, 0.6) is 0 Å². The van der Waals surface area contributed by atoms with Crippen molar-refractivity contribution in [2.45, 2.75) is 32.5 Å². The number of piperidine rings is 1. The molecule has 0 aliphatic carbocycles. The van der Waals surface area contributed by atoms with Crippen LogP contribution >= 0.6 is 15.9 Å². The summed E-state index contributed by atoms with van der Waals surface area (Å²) < 4.78 is 8.51. The van der Waals surface area contributed by atoms with Crippen molar-refractivity contribution in [1.82, 2.24) is 29.9 Å². The first-order chi connectivity index (χ1) is 17.1. The van der Waals surface area contributed by atoms with Gasteiger partial charge in [0.1, 0.15) is 0 Å². The molecule has 9 heteroatoms. The van der Waals surface area contributed by atoms with E-state index in [9.17, 15) is 4.79 Å². The quantitative estimate of drug-likeness (QED) is 0.363. The van der Waals surface area contributed by atoms with Gasteiger partial charge in [-0.25, -0.2) is 4.98 Å². The van der Waals surface area contributed by atoms with Gasteiger partial charge >= 0.3 is 0 Å². The fourth-order valence-corrected chi connectivity index (χ4v) is 4.59. The van der Waals surface area contributed by atoms with Crippen LogP contribution < -0.4 is 5.32 Å². The Labute approximate surface area is 212 Å². The van der Waals surface area contributed by atoms with Crippen LogP contribution in [0.3, 0.4) is 0 Å². The van der Waals surface area contributed by atoms with Crippen molar-refractivity contribution in [1.29, 1.82) is 0 Å². The maximum Gasteiger partial charge on any atom is 0.241 e. The van der Waals surface area contributed by atoms with Crippen LogP contribution in [0, 0.1) is 5.92 Å². The van der Waals surface area contributed by atoms with Gasteiger partial charge in [-0.15, -0.1) is 0 Å². The third-order valence-electron chi connectivity index (χ3n) is 6.22. The molecule has 1 unspecified atom stereocenters. The summed E-state index contributed by atoms with van der Waals surface area (Å²) in [5.41, 5.74) is 3.20. The van der Waals surface area contributed by atoms with Gasteiger partial charge in [-0.1, -0.05) is 45.4 Å². The number of amides is 1. The van der Waals surface area contributed by atoms with E-state index in [0.29, 0.717) is 31.3 Å². The molecule has 5 rings (SSSR count). The number of carbonyl (C=O) groups is 1. The van der Waals surface area contributed by atoms with Gasteiger partial charge in [0.25, 0.3) is 0 Å². The predicted molar refractivity (Wildman–Crippen MR) is 135 cm³/mol. The summed E-state index contributed by atoms with van der Waals surface area (Å²) in [6.07, 6.45) is 7.39. The molecule has 1 fully saturated rings. The molecule has 1 atom stereocenters. The Morgan fingerprint density at radius 1 is 1.09 bits per heavy atom. The van der Waals surface area contributed by atoms with E-state index in [0.717, 1.165) is 41.5 Å². The average molecular weight is 535 g/mol. The first-order valence-corrected chi connectivity index (χ1v) is 12.5. The molecular weight excluding hydrogens is 508 g/mol. The van der Waals surface area contributed by atoms with E-state index < -0.39 is 0 Å². The summed E-state index contributed by atoms with van der Waals surface area (Å²) in [6.45, 7) is 3.46. The average Bonchev–Trinajstić information content (AvgIpc) is 3.56. The fraction of sp³-hybridized carbons (Fsp3) is 0.308. The molecular formula is C26H27BrN6O2. The SMILES string of the molecule is O=C(NCc1ccc(Cn2ccnc2)cc1)C1CCCN(Cc2nc(-c3ccc(Br)cc3)no2)C1. The van der Waals surface area contributed by atoms with E-state index in [1.807, 2.05) is 41.4 Å². The van der Waals surface area contributed by atoms with Gasteiger partial charge in [-0.05, 0) is 54.8 Å². The number of hydrogen-bond donors (Lipinski definition) is 1. The molecule has 1 saturated heterocycles. The molecule has 35 heavy (non-hydrogen) atoms. The normalized spacial score (nSPS) is 16.3. The maximum absolute atomic E-state index is 12.9. The lowest BCUT2D eigenvalue weighted by Gasteiger charge is -2.30. The number of aromatic nitrogens is 4. The zero-order valence-corrected chi connectivity index (χ0v) is 20.9. The van der Waals surface area contributed by atoms with Crippen molar-refractivity contribution in [2.24, 2.45) is 5.92 Å². The van der Waals surface area contributed by atoms with Gasteiger partial charge in [0.2, 0.25) is 17.6 Å². The number of carbonyl (C=O) groups excluding carboxylic acids is 1. The van der Waals surface area contributed by atoms with E-state index >= 15 is 0 Å². The third-order valence-corrected chi connectivity index (χ3v) is 6.75. The minimum Gasteiger partial charge on any atom is -0.352 e. The first kappa shape index (κ1) is 23.4. The van der Waals surface area contributed by atoms with E-state index in [1.54, 1.807) is 6.20 Å². The van der Waals surface area contributed by atoms with Crippen LogP contribution in [0.15, 0.2) is 76.2 Å². The highest BCUT2D eigenvalue weighted by Crippen LogP contribution is 2.22. The van der Waals surface area contributed by atoms with Gasteiger partial charge in [0.05, 0.1) is 18.8 Å². The number of hydrogen-bond acceptors (Lipinski definition) is 6. The number of nitrogens with one attached hydrogen (secondary N) is 1. The van der Waals surface area contributed by atoms with Gasteiger partial charge in [-0.2, -0.15) is 4.98 Å². The van der Waals surface area contributed by atoms with Crippen molar-refractivity contribution in [3.8, 4) is 11.4 Å². The van der Waals surface area contributed by atoms with E-state index in [-0.39, 0.29) is 11.8 Å². The van der Waals surface area contributed by atoms with Crippen molar-refractivity contribution >= 4 is 21.8 Å². The van der Waals surface area contributed by atoms with Gasteiger partial charge < -0.3 is 14.4 Å². The van der Waals surface area contributed by atoms with Crippen LogP contribution in [-0.4, -0.2) is 43.6 Å². The van der Waals surface area contributed by atoms with Crippen LogP contribution in [0.25, 0.3) is 11.4 Å². The smallest absolute Gasteiger partial charge is 0.241 e. The van der Waals surface area contributed by atoms with E-state index in [2.05, 4.69) is 65.5 Å². The molecule has 0 bridgehead atoms. The fourth-order valence-electron chi connectivity index (χ4n) is 4.33. The Morgan fingerprint density at radius 2 is 1.89 bits per heavy atom. The molecule has 1 aliphatic heterocycles. The molecule has 0 spiro atoms. The third kappa shape index (κ3) is 6.23. The number of halogens is 1. The van der Waals surface area contributed by atoms with Gasteiger partial charge in [0, 0.05) is 42.1 Å². The zero-order chi connectivity index (χ0) is 24.0. The summed E-state index contributed by atoms with van der Waals surface area (Å²) in [5, 5.41) is 7.23. The lowest BCUT2D eigenvalue weighted by atomic mass is 9.97. The van der Waals surface area contributed by atoms with Crippen LogP contribution in [0.2, 0.25) is 0 Å². The molecule has 1 amide bonds. The second-order valence-electron chi connectivity index (χ2n) is 8.86. The standard InChI is InChI=1S/C26H27BrN6O2/c27-23-9-7-21(8-10-23)25-30-24(35-31-25)17-32-12-1-2-22(16-32)26(34)29-14-19-3-5-20(6-4-19)15-33-13-11-28-18-33/h3-11,13,18,22H,1-2,12,14-17H2,(H,29,34). The Kier molecular flexibility index (Phi) is 7.34. The lowest BCUT2D eigenvalue weighted by Crippen LogP contribution is -2.42. The summed E-state index contributed by atoms with van der Waals surface area (Å²) >= 11 is 3.44. The van der Waals surface area contributed by atoms with Crippen molar-refractivity contribution in [2.75, 3.05) is 13.1 Å². The van der Waals surface area contributed by atoms with Crippen molar-refractivity contribution in [3.05, 3.63) is 88.7 Å². The molecule has 0 saturated carbocycles. The Morgan fingerprint density at radius 3 is 2.66 bits per heavy atom. The number of imidazole rings is 1. The highest BCUT2D eigenvalue weighted by Gasteiger charge is 2.26. The Bertz CT molecular complexity index is 1240. The highest BCUT2D eigenvalue weighted by atomic mass is 79.9. The monoisotopic (exact) mass is 534 g/mol. The molecule has 2 aromatic heterocycles. The first-order valence-electron chi connectivity index (χ1n) is 11.7. The molecule has 1 N–H and O–H groups in total.